The van der Waals surface area contributed by atoms with E-state index in [1.165, 1.54) is 12.8 Å². The van der Waals surface area contributed by atoms with E-state index in [0.717, 1.165) is 19.6 Å². The summed E-state index contributed by atoms with van der Waals surface area (Å²) in [5, 5.41) is 0. The van der Waals surface area contributed by atoms with Gasteiger partial charge in [0, 0.05) is 26.1 Å². The highest BCUT2D eigenvalue weighted by Gasteiger charge is 2.19. The molecule has 0 saturated carbocycles. The molecule has 0 N–H and O–H groups in total. The van der Waals surface area contributed by atoms with Crippen molar-refractivity contribution in [1.82, 2.24) is 9.80 Å². The third-order valence-electron chi connectivity index (χ3n) is 2.66. The number of amides is 1. The molecule has 1 aliphatic rings. The van der Waals surface area contributed by atoms with Crippen LogP contribution < -0.4 is 0 Å². The Balaban J connectivity index is 2.25. The Morgan fingerprint density at radius 1 is 1.36 bits per heavy atom. The van der Waals surface area contributed by atoms with Crippen LogP contribution in [0.3, 0.4) is 0 Å². The molecule has 3 heteroatoms. The fourth-order valence-corrected chi connectivity index (χ4v) is 2.08. The average Bonchev–Trinajstić information content (AvgIpc) is 2.53. The first-order chi connectivity index (χ1) is 6.59. The second-order valence-electron chi connectivity index (χ2n) is 4.66. The van der Waals surface area contributed by atoms with Gasteiger partial charge >= 0.3 is 0 Å². The minimum Gasteiger partial charge on any atom is -0.343 e. The molecule has 0 radical (unpaired) electrons. The zero-order valence-electron chi connectivity index (χ0n) is 9.62. The third-order valence-corrected chi connectivity index (χ3v) is 2.66. The van der Waals surface area contributed by atoms with Crippen molar-refractivity contribution in [2.45, 2.75) is 26.2 Å². The quantitative estimate of drug-likeness (QED) is 0.677. The number of carbonyl (C=O) groups excluding carboxylic acids is 1. The topological polar surface area (TPSA) is 23.6 Å². The first-order valence-electron chi connectivity index (χ1n) is 5.52. The van der Waals surface area contributed by atoms with Gasteiger partial charge in [0.05, 0.1) is 0 Å². The molecule has 0 spiro atoms. The summed E-state index contributed by atoms with van der Waals surface area (Å²) >= 11 is 0. The van der Waals surface area contributed by atoms with Crippen molar-refractivity contribution >= 4 is 5.91 Å². The molecule has 1 amide bonds. The van der Waals surface area contributed by atoms with Gasteiger partial charge in [-0.1, -0.05) is 6.92 Å². The van der Waals surface area contributed by atoms with Crippen LogP contribution >= 0.6 is 0 Å². The number of carbonyl (C=O) groups is 1. The first-order valence-corrected chi connectivity index (χ1v) is 5.52. The van der Waals surface area contributed by atoms with E-state index in [0.29, 0.717) is 18.2 Å². The summed E-state index contributed by atoms with van der Waals surface area (Å²) in [6.45, 7) is 5.11. The molecular weight excluding hydrogens is 176 g/mol. The largest absolute Gasteiger partial charge is 0.343 e. The van der Waals surface area contributed by atoms with Crippen LogP contribution in [0.15, 0.2) is 0 Å². The fraction of sp³-hybridized carbons (Fsp3) is 0.909. The van der Waals surface area contributed by atoms with Gasteiger partial charge in [-0.2, -0.15) is 0 Å². The SMILES string of the molecule is CC(CC(=O)N1CCCC1)CN(C)C. The molecule has 0 aliphatic carbocycles. The molecule has 1 saturated heterocycles. The maximum absolute atomic E-state index is 11.7. The number of likely N-dealkylation sites (tertiary alicyclic amines) is 1. The van der Waals surface area contributed by atoms with E-state index in [-0.39, 0.29) is 0 Å². The van der Waals surface area contributed by atoms with E-state index in [4.69, 9.17) is 0 Å². The van der Waals surface area contributed by atoms with Crippen LogP contribution in [0, 0.1) is 5.92 Å². The molecule has 1 aliphatic heterocycles. The average molecular weight is 198 g/mol. The summed E-state index contributed by atoms with van der Waals surface area (Å²) in [5.41, 5.74) is 0. The van der Waals surface area contributed by atoms with Gasteiger partial charge in [-0.25, -0.2) is 0 Å². The van der Waals surface area contributed by atoms with E-state index in [2.05, 4.69) is 25.9 Å². The van der Waals surface area contributed by atoms with E-state index >= 15 is 0 Å². The normalized spacial score (nSPS) is 19.0. The second-order valence-corrected chi connectivity index (χ2v) is 4.66. The Hall–Kier alpha value is -0.570. The standard InChI is InChI=1S/C11H22N2O/c1-10(9-12(2)3)8-11(14)13-6-4-5-7-13/h10H,4-9H2,1-3H3. The van der Waals surface area contributed by atoms with Gasteiger partial charge in [0.1, 0.15) is 0 Å². The lowest BCUT2D eigenvalue weighted by atomic mass is 10.1. The fourth-order valence-electron chi connectivity index (χ4n) is 2.08. The molecule has 1 heterocycles. The van der Waals surface area contributed by atoms with Gasteiger partial charge in [-0.05, 0) is 32.9 Å². The van der Waals surface area contributed by atoms with E-state index in [1.807, 2.05) is 4.90 Å². The molecular formula is C11H22N2O. The van der Waals surface area contributed by atoms with Gasteiger partial charge in [0.2, 0.25) is 5.91 Å². The number of nitrogens with zero attached hydrogens (tertiary/aromatic N) is 2. The lowest BCUT2D eigenvalue weighted by Crippen LogP contribution is -2.31. The van der Waals surface area contributed by atoms with Gasteiger partial charge in [0.25, 0.3) is 0 Å². The maximum Gasteiger partial charge on any atom is 0.222 e. The van der Waals surface area contributed by atoms with Crippen molar-refractivity contribution in [2.75, 3.05) is 33.7 Å². The van der Waals surface area contributed by atoms with Crippen LogP contribution in [-0.4, -0.2) is 49.4 Å². The lowest BCUT2D eigenvalue weighted by molar-refractivity contribution is -0.131. The van der Waals surface area contributed by atoms with Crippen LogP contribution in [0.25, 0.3) is 0 Å². The highest BCUT2D eigenvalue weighted by molar-refractivity contribution is 5.76. The summed E-state index contributed by atoms with van der Waals surface area (Å²) < 4.78 is 0. The first kappa shape index (κ1) is 11.5. The van der Waals surface area contributed by atoms with Gasteiger partial charge in [0.15, 0.2) is 0 Å². The highest BCUT2D eigenvalue weighted by Crippen LogP contribution is 2.12. The van der Waals surface area contributed by atoms with Crippen LogP contribution in [0.2, 0.25) is 0 Å². The Morgan fingerprint density at radius 3 is 2.43 bits per heavy atom. The minimum atomic E-state index is 0.344. The van der Waals surface area contributed by atoms with Crippen molar-refractivity contribution in [2.24, 2.45) is 5.92 Å². The predicted octanol–water partition coefficient (Wildman–Crippen LogP) is 1.20. The molecule has 1 unspecified atom stereocenters. The smallest absolute Gasteiger partial charge is 0.222 e. The molecule has 0 aromatic carbocycles. The summed E-state index contributed by atoms with van der Waals surface area (Å²) in [4.78, 5) is 15.9. The molecule has 82 valence electrons. The van der Waals surface area contributed by atoms with Gasteiger partial charge in [-0.3, -0.25) is 4.79 Å². The van der Waals surface area contributed by atoms with Crippen LogP contribution in [0.5, 0.6) is 0 Å². The predicted molar refractivity (Wildman–Crippen MR) is 58.1 cm³/mol. The molecule has 3 nitrogen and oxygen atoms in total. The van der Waals surface area contributed by atoms with Gasteiger partial charge in [-0.15, -0.1) is 0 Å². The van der Waals surface area contributed by atoms with Crippen molar-refractivity contribution in [1.29, 1.82) is 0 Å². The minimum absolute atomic E-state index is 0.344. The van der Waals surface area contributed by atoms with Crippen LogP contribution in [0.1, 0.15) is 26.2 Å². The van der Waals surface area contributed by atoms with Crippen molar-refractivity contribution in [3.63, 3.8) is 0 Å². The Kier molecular flexibility index (Phi) is 4.39. The number of hydrogen-bond acceptors (Lipinski definition) is 2. The van der Waals surface area contributed by atoms with Crippen LogP contribution in [-0.2, 0) is 4.79 Å². The Labute approximate surface area is 87.1 Å². The number of rotatable bonds is 4. The molecule has 14 heavy (non-hydrogen) atoms. The zero-order chi connectivity index (χ0) is 10.6. The Bertz CT molecular complexity index is 186. The highest BCUT2D eigenvalue weighted by atomic mass is 16.2. The molecule has 1 atom stereocenters. The summed E-state index contributed by atoms with van der Waals surface area (Å²) in [7, 11) is 4.10. The third kappa shape index (κ3) is 3.66. The van der Waals surface area contributed by atoms with Crippen molar-refractivity contribution in [3.05, 3.63) is 0 Å². The van der Waals surface area contributed by atoms with E-state index < -0.39 is 0 Å². The maximum atomic E-state index is 11.7. The summed E-state index contributed by atoms with van der Waals surface area (Å²) in [6.07, 6.45) is 3.08. The Morgan fingerprint density at radius 2 is 1.93 bits per heavy atom. The monoisotopic (exact) mass is 198 g/mol. The van der Waals surface area contributed by atoms with Crippen molar-refractivity contribution in [3.8, 4) is 0 Å². The van der Waals surface area contributed by atoms with E-state index in [9.17, 15) is 4.79 Å². The molecule has 0 aromatic rings. The second kappa shape index (κ2) is 5.35. The van der Waals surface area contributed by atoms with E-state index in [1.54, 1.807) is 0 Å². The van der Waals surface area contributed by atoms with Crippen LogP contribution in [0.4, 0.5) is 0 Å². The lowest BCUT2D eigenvalue weighted by Gasteiger charge is -2.20. The molecule has 0 bridgehead atoms. The molecule has 0 aromatic heterocycles. The summed E-state index contributed by atoms with van der Waals surface area (Å²) in [5.74, 6) is 0.815. The van der Waals surface area contributed by atoms with Crippen molar-refractivity contribution < 1.29 is 4.79 Å². The number of hydrogen-bond donors (Lipinski definition) is 0. The van der Waals surface area contributed by atoms with Gasteiger partial charge < -0.3 is 9.80 Å². The molecule has 1 fully saturated rings. The summed E-state index contributed by atoms with van der Waals surface area (Å²) in [6, 6.07) is 0. The zero-order valence-corrected chi connectivity index (χ0v) is 9.62. The molecule has 1 rings (SSSR count).